The molecule has 2 aliphatic heterocycles. The number of alkyl halides is 2. The van der Waals surface area contributed by atoms with E-state index in [0.29, 0.717) is 11.1 Å². The van der Waals surface area contributed by atoms with E-state index >= 15 is 0 Å². The first-order valence-electron chi connectivity index (χ1n) is 9.34. The molecule has 1 aromatic carbocycles. The van der Waals surface area contributed by atoms with Crippen molar-refractivity contribution in [2.75, 3.05) is 6.61 Å². The lowest BCUT2D eigenvalue weighted by atomic mass is 9.81. The minimum atomic E-state index is -3.31. The van der Waals surface area contributed by atoms with Crippen molar-refractivity contribution in [2.24, 2.45) is 10.7 Å². The number of nitriles is 1. The molecule has 0 bridgehead atoms. The topological polar surface area (TPSA) is 111 Å². The van der Waals surface area contributed by atoms with E-state index in [1.807, 2.05) is 6.07 Å². The number of pyridine rings is 1. The molecule has 3 heterocycles. The third-order valence-electron chi connectivity index (χ3n) is 5.41. The van der Waals surface area contributed by atoms with Gasteiger partial charge in [-0.25, -0.2) is 9.38 Å². The van der Waals surface area contributed by atoms with Crippen LogP contribution < -0.4 is 5.73 Å². The van der Waals surface area contributed by atoms with E-state index in [2.05, 4.69) is 9.98 Å². The zero-order valence-electron chi connectivity index (χ0n) is 16.3. The van der Waals surface area contributed by atoms with Crippen molar-refractivity contribution < 1.29 is 27.4 Å². The van der Waals surface area contributed by atoms with Gasteiger partial charge in [0.1, 0.15) is 35.8 Å². The van der Waals surface area contributed by atoms with Crippen LogP contribution in [0.4, 0.5) is 13.2 Å². The number of hydrogen-bond donors (Lipinski definition) is 1. The summed E-state index contributed by atoms with van der Waals surface area (Å²) in [6.45, 7) is 0.540. The SMILES string of the molecule is C[C@]1(c2cc(CC(=O)c3ccc(C#N)cn3)ccc2F)N=C(N)O[C@H]2[C@@H]1OCC2(F)F. The summed E-state index contributed by atoms with van der Waals surface area (Å²) < 4.78 is 53.4. The number of carbonyl (C=O) groups is 1. The second kappa shape index (κ2) is 7.35. The van der Waals surface area contributed by atoms with Crippen LogP contribution in [0.5, 0.6) is 0 Å². The molecule has 2 aromatic rings. The van der Waals surface area contributed by atoms with Gasteiger partial charge in [0.25, 0.3) is 6.02 Å². The Bertz CT molecular complexity index is 1110. The predicted molar refractivity (Wildman–Crippen MR) is 102 cm³/mol. The molecule has 3 atom stereocenters. The van der Waals surface area contributed by atoms with E-state index in [0.717, 1.165) is 6.07 Å². The van der Waals surface area contributed by atoms with Crippen LogP contribution >= 0.6 is 0 Å². The molecule has 0 amide bonds. The van der Waals surface area contributed by atoms with Crippen molar-refractivity contribution in [1.29, 1.82) is 5.26 Å². The highest BCUT2D eigenvalue weighted by Gasteiger charge is 2.62. The second-order valence-corrected chi connectivity index (χ2v) is 7.59. The molecule has 4 rings (SSSR count). The van der Waals surface area contributed by atoms with Crippen LogP contribution in [-0.2, 0) is 21.4 Å². The Hall–Kier alpha value is -3.45. The van der Waals surface area contributed by atoms with Crippen molar-refractivity contribution in [3.05, 3.63) is 64.7 Å². The minimum Gasteiger partial charge on any atom is -0.453 e. The molecular weight excluding hydrogens is 413 g/mol. The van der Waals surface area contributed by atoms with Crippen LogP contribution in [0.3, 0.4) is 0 Å². The maximum absolute atomic E-state index is 14.8. The van der Waals surface area contributed by atoms with E-state index in [4.69, 9.17) is 20.5 Å². The number of hydrogen-bond acceptors (Lipinski definition) is 7. The lowest BCUT2D eigenvalue weighted by molar-refractivity contribution is -0.0876. The van der Waals surface area contributed by atoms with Gasteiger partial charge in [-0.1, -0.05) is 6.07 Å². The normalized spacial score (nSPS) is 26.4. The molecule has 0 unspecified atom stereocenters. The molecule has 2 N–H and O–H groups in total. The van der Waals surface area contributed by atoms with Crippen molar-refractivity contribution >= 4 is 11.8 Å². The fraction of sp³-hybridized carbons (Fsp3) is 0.333. The number of benzene rings is 1. The van der Waals surface area contributed by atoms with Crippen LogP contribution in [0.15, 0.2) is 41.5 Å². The molecule has 31 heavy (non-hydrogen) atoms. The number of nitrogens with two attached hydrogens (primary N) is 1. The van der Waals surface area contributed by atoms with Crippen molar-refractivity contribution in [2.45, 2.75) is 37.0 Å². The fourth-order valence-corrected chi connectivity index (χ4v) is 3.83. The van der Waals surface area contributed by atoms with Gasteiger partial charge in [-0.05, 0) is 36.8 Å². The first-order valence-corrected chi connectivity index (χ1v) is 9.34. The lowest BCUT2D eigenvalue weighted by Gasteiger charge is -2.39. The molecule has 0 saturated carbocycles. The average Bonchev–Trinajstić information content (AvgIpc) is 3.04. The van der Waals surface area contributed by atoms with Gasteiger partial charge in [-0.3, -0.25) is 9.78 Å². The number of nitrogens with zero attached hydrogens (tertiary/aromatic N) is 3. The van der Waals surface area contributed by atoms with Gasteiger partial charge < -0.3 is 15.2 Å². The smallest absolute Gasteiger partial charge is 0.309 e. The van der Waals surface area contributed by atoms with Gasteiger partial charge in [0.15, 0.2) is 11.9 Å². The Morgan fingerprint density at radius 1 is 1.32 bits per heavy atom. The standard InChI is InChI=1S/C21H17F3N4O3/c1-20(17-18(31-19(26)28-20)21(23,24)10-30-17)13-6-11(2-4-14(13)22)7-16(29)15-5-3-12(8-25)9-27-15/h2-6,9,17-18H,7,10H2,1H3,(H2,26,28)/t17-,18-,20+/m0/s1. The van der Waals surface area contributed by atoms with Crippen molar-refractivity contribution in [3.63, 3.8) is 0 Å². The minimum absolute atomic E-state index is 0.0375. The van der Waals surface area contributed by atoms with Crippen LogP contribution in [0.25, 0.3) is 0 Å². The Kier molecular flexibility index (Phi) is 4.94. The van der Waals surface area contributed by atoms with Crippen molar-refractivity contribution in [1.82, 2.24) is 4.98 Å². The fourth-order valence-electron chi connectivity index (χ4n) is 3.83. The highest BCUT2D eigenvalue weighted by Crippen LogP contribution is 2.46. The molecule has 0 aliphatic carbocycles. The van der Waals surface area contributed by atoms with Gasteiger partial charge in [-0.15, -0.1) is 0 Å². The summed E-state index contributed by atoms with van der Waals surface area (Å²) in [5, 5.41) is 8.83. The lowest BCUT2D eigenvalue weighted by Crippen LogP contribution is -2.54. The molecule has 1 saturated heterocycles. The number of ether oxygens (including phenoxy) is 2. The number of rotatable bonds is 4. The Morgan fingerprint density at radius 3 is 2.77 bits per heavy atom. The number of Topliss-reactive ketones (excluding diaryl/α,β-unsaturated/α-hetero) is 1. The summed E-state index contributed by atoms with van der Waals surface area (Å²) in [5.74, 6) is -4.37. The molecule has 1 fully saturated rings. The number of halogens is 3. The quantitative estimate of drug-likeness (QED) is 0.747. The summed E-state index contributed by atoms with van der Waals surface area (Å²) >= 11 is 0. The monoisotopic (exact) mass is 430 g/mol. The van der Waals surface area contributed by atoms with E-state index in [9.17, 15) is 18.0 Å². The van der Waals surface area contributed by atoms with Gasteiger partial charge in [0, 0.05) is 18.2 Å². The summed E-state index contributed by atoms with van der Waals surface area (Å²) in [6.07, 6.45) is -1.82. The highest BCUT2D eigenvalue weighted by molar-refractivity contribution is 5.95. The van der Waals surface area contributed by atoms with E-state index in [1.165, 1.54) is 37.4 Å². The van der Waals surface area contributed by atoms with Gasteiger partial charge >= 0.3 is 5.92 Å². The summed E-state index contributed by atoms with van der Waals surface area (Å²) in [4.78, 5) is 20.6. The number of fused-ring (bicyclic) bond motifs is 1. The zero-order chi connectivity index (χ0) is 22.4. The Labute approximate surface area is 175 Å². The summed E-state index contributed by atoms with van der Waals surface area (Å²) in [7, 11) is 0. The number of carbonyl (C=O) groups excluding carboxylic acids is 1. The third-order valence-corrected chi connectivity index (χ3v) is 5.41. The number of ketones is 1. The van der Waals surface area contributed by atoms with E-state index in [-0.39, 0.29) is 23.5 Å². The molecule has 1 aromatic heterocycles. The first kappa shape index (κ1) is 20.8. The van der Waals surface area contributed by atoms with Gasteiger partial charge in [0.05, 0.1) is 5.56 Å². The van der Waals surface area contributed by atoms with Crippen LogP contribution in [-0.4, -0.2) is 41.5 Å². The second-order valence-electron chi connectivity index (χ2n) is 7.59. The molecule has 2 aliphatic rings. The first-order chi connectivity index (χ1) is 14.6. The van der Waals surface area contributed by atoms with E-state index in [1.54, 1.807) is 0 Å². The van der Waals surface area contributed by atoms with Crippen LogP contribution in [0, 0.1) is 17.1 Å². The molecule has 0 spiro atoms. The largest absolute Gasteiger partial charge is 0.453 e. The van der Waals surface area contributed by atoms with Gasteiger partial charge in [0.2, 0.25) is 0 Å². The molecular formula is C21H17F3N4O3. The predicted octanol–water partition coefficient (Wildman–Crippen LogP) is 2.48. The van der Waals surface area contributed by atoms with Crippen LogP contribution in [0.2, 0.25) is 0 Å². The highest BCUT2D eigenvalue weighted by atomic mass is 19.3. The van der Waals surface area contributed by atoms with Crippen LogP contribution in [0.1, 0.15) is 34.1 Å². The van der Waals surface area contributed by atoms with E-state index < -0.39 is 42.1 Å². The molecule has 7 nitrogen and oxygen atoms in total. The molecule has 0 radical (unpaired) electrons. The average molecular weight is 430 g/mol. The molecule has 160 valence electrons. The number of aromatic nitrogens is 1. The summed E-state index contributed by atoms with van der Waals surface area (Å²) in [5.41, 5.74) is 4.89. The number of aliphatic imine (C=N–C) groups is 1. The van der Waals surface area contributed by atoms with Crippen molar-refractivity contribution in [3.8, 4) is 6.07 Å². The zero-order valence-corrected chi connectivity index (χ0v) is 16.3. The third kappa shape index (κ3) is 3.61. The maximum atomic E-state index is 14.8. The Balaban J connectivity index is 1.67. The maximum Gasteiger partial charge on any atom is 0.309 e. The Morgan fingerprint density at radius 2 is 2.10 bits per heavy atom. The van der Waals surface area contributed by atoms with Gasteiger partial charge in [-0.2, -0.15) is 14.0 Å². The summed E-state index contributed by atoms with van der Waals surface area (Å²) in [6, 6.07) is 8.25. The number of amidine groups is 1. The molecule has 10 heteroatoms.